The van der Waals surface area contributed by atoms with E-state index < -0.39 is 0 Å². The van der Waals surface area contributed by atoms with Gasteiger partial charge in [-0.1, -0.05) is 36.7 Å². The molecule has 3 heterocycles. The van der Waals surface area contributed by atoms with Crippen molar-refractivity contribution in [1.29, 1.82) is 0 Å². The Morgan fingerprint density at radius 2 is 1.92 bits per heavy atom. The van der Waals surface area contributed by atoms with E-state index in [1.807, 2.05) is 29.2 Å². The van der Waals surface area contributed by atoms with E-state index >= 15 is 0 Å². The van der Waals surface area contributed by atoms with E-state index in [1.165, 1.54) is 5.56 Å². The zero-order chi connectivity index (χ0) is 27.4. The maximum absolute atomic E-state index is 13.8. The number of amides is 1. The lowest BCUT2D eigenvalue weighted by molar-refractivity contribution is -0.160. The SMILES string of the molecule is CCc1ccc2c(c1)[C@@H]1O[C@H](CC(=O)N(CCCN3CCOCC3)Cc3cccc(Cl)c3)CC[C@H]1C(C)(C)O2. The van der Waals surface area contributed by atoms with E-state index in [0.717, 1.165) is 75.4 Å². The number of benzene rings is 2. The van der Waals surface area contributed by atoms with Crippen LogP contribution in [0.4, 0.5) is 0 Å². The Labute approximate surface area is 238 Å². The quantitative estimate of drug-likeness (QED) is 0.377. The first-order valence-electron chi connectivity index (χ1n) is 14.6. The molecule has 212 valence electrons. The second-order valence-corrected chi connectivity index (χ2v) is 12.2. The minimum Gasteiger partial charge on any atom is -0.487 e. The molecule has 0 N–H and O–H groups in total. The first-order chi connectivity index (χ1) is 18.8. The van der Waals surface area contributed by atoms with Crippen molar-refractivity contribution in [1.82, 2.24) is 9.80 Å². The van der Waals surface area contributed by atoms with Crippen molar-refractivity contribution in [3.8, 4) is 5.75 Å². The Morgan fingerprint density at radius 3 is 2.69 bits per heavy atom. The van der Waals surface area contributed by atoms with Crippen LogP contribution < -0.4 is 4.74 Å². The van der Waals surface area contributed by atoms with Gasteiger partial charge in [0.15, 0.2) is 0 Å². The fraction of sp³-hybridized carbons (Fsp3) is 0.594. The normalized spacial score (nSPS) is 24.4. The van der Waals surface area contributed by atoms with Crippen molar-refractivity contribution in [2.45, 2.75) is 77.2 Å². The number of morpholine rings is 1. The summed E-state index contributed by atoms with van der Waals surface area (Å²) >= 11 is 6.27. The molecule has 0 unspecified atom stereocenters. The van der Waals surface area contributed by atoms with Crippen LogP contribution in [0.3, 0.4) is 0 Å². The molecule has 5 rings (SSSR count). The highest BCUT2D eigenvalue weighted by molar-refractivity contribution is 6.30. The third-order valence-electron chi connectivity index (χ3n) is 8.58. The number of fused-ring (bicyclic) bond motifs is 3. The van der Waals surface area contributed by atoms with Crippen molar-refractivity contribution in [3.63, 3.8) is 0 Å². The molecule has 3 aliphatic rings. The zero-order valence-electron chi connectivity index (χ0n) is 23.7. The molecular formula is C32H43ClN2O4. The Balaban J connectivity index is 1.27. The summed E-state index contributed by atoms with van der Waals surface area (Å²) in [6.07, 6.45) is 3.99. The number of carbonyl (C=O) groups excluding carboxylic acids is 1. The van der Waals surface area contributed by atoms with Crippen molar-refractivity contribution in [2.24, 2.45) is 5.92 Å². The molecule has 39 heavy (non-hydrogen) atoms. The lowest BCUT2D eigenvalue weighted by atomic mass is 9.74. The van der Waals surface area contributed by atoms with Crippen molar-refractivity contribution < 1.29 is 19.0 Å². The molecule has 2 fully saturated rings. The number of hydrogen-bond donors (Lipinski definition) is 0. The molecule has 6 nitrogen and oxygen atoms in total. The van der Waals surface area contributed by atoms with Crippen LogP contribution in [-0.2, 0) is 27.2 Å². The molecular weight excluding hydrogens is 512 g/mol. The van der Waals surface area contributed by atoms with E-state index in [1.54, 1.807) is 0 Å². The molecule has 0 bridgehead atoms. The Morgan fingerprint density at radius 1 is 1.10 bits per heavy atom. The molecule has 1 amide bonds. The van der Waals surface area contributed by atoms with Crippen molar-refractivity contribution in [2.75, 3.05) is 39.4 Å². The average molecular weight is 555 g/mol. The third-order valence-corrected chi connectivity index (χ3v) is 8.82. The number of nitrogens with zero attached hydrogens (tertiary/aromatic N) is 2. The minimum atomic E-state index is -0.307. The summed E-state index contributed by atoms with van der Waals surface area (Å²) in [5, 5.41) is 0.696. The van der Waals surface area contributed by atoms with Gasteiger partial charge in [0.25, 0.3) is 0 Å². The summed E-state index contributed by atoms with van der Waals surface area (Å²) in [5.41, 5.74) is 3.17. The molecule has 0 aliphatic carbocycles. The molecule has 0 radical (unpaired) electrons. The van der Waals surface area contributed by atoms with Gasteiger partial charge in [0, 0.05) is 49.2 Å². The van der Waals surface area contributed by atoms with Crippen LogP contribution in [0.25, 0.3) is 0 Å². The zero-order valence-corrected chi connectivity index (χ0v) is 24.4. The number of halogens is 1. The highest BCUT2D eigenvalue weighted by Crippen LogP contribution is 2.51. The van der Waals surface area contributed by atoms with Crippen molar-refractivity contribution in [3.05, 3.63) is 64.2 Å². The van der Waals surface area contributed by atoms with Crippen LogP contribution in [0.1, 0.15) is 69.2 Å². The number of hydrogen-bond acceptors (Lipinski definition) is 5. The maximum atomic E-state index is 13.8. The predicted octanol–water partition coefficient (Wildman–Crippen LogP) is 6.05. The molecule has 7 heteroatoms. The van der Waals surface area contributed by atoms with Gasteiger partial charge in [-0.25, -0.2) is 0 Å². The summed E-state index contributed by atoms with van der Waals surface area (Å²) in [6, 6.07) is 14.3. The number of carbonyl (C=O) groups is 1. The topological polar surface area (TPSA) is 51.2 Å². The maximum Gasteiger partial charge on any atom is 0.225 e. The predicted molar refractivity (Wildman–Crippen MR) is 154 cm³/mol. The average Bonchev–Trinajstić information content (AvgIpc) is 2.92. The lowest BCUT2D eigenvalue weighted by Gasteiger charge is -2.49. The molecule has 2 saturated heterocycles. The fourth-order valence-corrected chi connectivity index (χ4v) is 6.53. The van der Waals surface area contributed by atoms with E-state index in [-0.39, 0.29) is 29.6 Å². The Hall–Kier alpha value is -2.12. The summed E-state index contributed by atoms with van der Waals surface area (Å²) in [4.78, 5) is 18.2. The molecule has 3 atom stereocenters. The second kappa shape index (κ2) is 12.6. The summed E-state index contributed by atoms with van der Waals surface area (Å²) in [6.45, 7) is 12.2. The lowest BCUT2D eigenvalue weighted by Crippen LogP contribution is -2.49. The van der Waals surface area contributed by atoms with Gasteiger partial charge in [-0.05, 0) is 74.9 Å². The highest BCUT2D eigenvalue weighted by Gasteiger charge is 2.47. The van der Waals surface area contributed by atoms with Gasteiger partial charge >= 0.3 is 0 Å². The first-order valence-corrected chi connectivity index (χ1v) is 15.0. The van der Waals surface area contributed by atoms with E-state index in [0.29, 0.717) is 24.5 Å². The van der Waals surface area contributed by atoms with E-state index in [4.69, 9.17) is 25.8 Å². The van der Waals surface area contributed by atoms with Gasteiger partial charge in [0.05, 0.1) is 31.8 Å². The first kappa shape index (κ1) is 28.4. The summed E-state index contributed by atoms with van der Waals surface area (Å²) in [7, 11) is 0. The summed E-state index contributed by atoms with van der Waals surface area (Å²) in [5.74, 6) is 1.32. The van der Waals surface area contributed by atoms with Crippen LogP contribution in [0.15, 0.2) is 42.5 Å². The van der Waals surface area contributed by atoms with Gasteiger partial charge in [-0.15, -0.1) is 0 Å². The van der Waals surface area contributed by atoms with Gasteiger partial charge in [0.1, 0.15) is 11.4 Å². The Bertz CT molecular complexity index is 1130. The molecule has 2 aromatic carbocycles. The largest absolute Gasteiger partial charge is 0.487 e. The highest BCUT2D eigenvalue weighted by atomic mass is 35.5. The monoisotopic (exact) mass is 554 g/mol. The van der Waals surface area contributed by atoms with Gasteiger partial charge in [-0.3, -0.25) is 9.69 Å². The van der Waals surface area contributed by atoms with Crippen LogP contribution in [-0.4, -0.2) is 66.8 Å². The molecule has 3 aliphatic heterocycles. The molecule has 0 aromatic heterocycles. The van der Waals surface area contributed by atoms with Crippen LogP contribution in [0.2, 0.25) is 5.02 Å². The van der Waals surface area contributed by atoms with E-state index in [9.17, 15) is 4.79 Å². The summed E-state index contributed by atoms with van der Waals surface area (Å²) < 4.78 is 18.7. The van der Waals surface area contributed by atoms with Crippen LogP contribution >= 0.6 is 11.6 Å². The molecule has 2 aromatic rings. The smallest absolute Gasteiger partial charge is 0.225 e. The number of ether oxygens (including phenoxy) is 3. The van der Waals surface area contributed by atoms with Crippen LogP contribution in [0.5, 0.6) is 5.75 Å². The molecule has 0 saturated carbocycles. The van der Waals surface area contributed by atoms with Gasteiger partial charge in [-0.2, -0.15) is 0 Å². The standard InChI is InChI=1S/C32H43ClN2O4/c1-4-23-9-12-29-27(20-23)31-28(32(2,3)39-29)11-10-26(38-31)21-30(36)35(22-24-7-5-8-25(33)19-24)14-6-13-34-15-17-37-18-16-34/h5,7-9,12,19-20,26,28,31H,4,6,10-11,13-18,21-22H2,1-3H3/t26-,28+,31-/m0/s1. The number of aryl methyl sites for hydroxylation is 1. The number of rotatable bonds is 9. The van der Waals surface area contributed by atoms with Crippen molar-refractivity contribution >= 4 is 17.5 Å². The van der Waals surface area contributed by atoms with Gasteiger partial charge < -0.3 is 19.1 Å². The second-order valence-electron chi connectivity index (χ2n) is 11.8. The Kier molecular flexibility index (Phi) is 9.17. The van der Waals surface area contributed by atoms with Gasteiger partial charge in [0.2, 0.25) is 5.91 Å². The molecule has 0 spiro atoms. The fourth-order valence-electron chi connectivity index (χ4n) is 6.31. The van der Waals surface area contributed by atoms with E-state index in [2.05, 4.69) is 43.9 Å². The third kappa shape index (κ3) is 6.97. The minimum absolute atomic E-state index is 0.0514. The van der Waals surface area contributed by atoms with Crippen LogP contribution in [0, 0.1) is 5.92 Å².